The van der Waals surface area contributed by atoms with Crippen molar-refractivity contribution < 1.29 is 14.3 Å². The van der Waals surface area contributed by atoms with Crippen LogP contribution in [0.15, 0.2) is 52.1 Å². The zero-order valence-electron chi connectivity index (χ0n) is 17.7. The van der Waals surface area contributed by atoms with Crippen molar-refractivity contribution in [3.63, 3.8) is 0 Å². The van der Waals surface area contributed by atoms with Crippen LogP contribution in [0.4, 0.5) is 5.69 Å². The average Bonchev–Trinajstić information content (AvgIpc) is 2.78. The molecule has 31 heavy (non-hydrogen) atoms. The smallest absolute Gasteiger partial charge is 0.331 e. The molecule has 0 unspecified atom stereocenters. The predicted molar refractivity (Wildman–Crippen MR) is 118 cm³/mol. The summed E-state index contributed by atoms with van der Waals surface area (Å²) in [5, 5.41) is 0.408. The lowest BCUT2D eigenvalue weighted by Crippen LogP contribution is -2.45. The van der Waals surface area contributed by atoms with Crippen LogP contribution in [0.3, 0.4) is 0 Å². The van der Waals surface area contributed by atoms with Gasteiger partial charge in [-0.1, -0.05) is 18.2 Å². The van der Waals surface area contributed by atoms with Gasteiger partial charge in [-0.15, -0.1) is 0 Å². The van der Waals surface area contributed by atoms with Gasteiger partial charge in [0.25, 0.3) is 5.56 Å². The van der Waals surface area contributed by atoms with E-state index in [-0.39, 0.29) is 24.6 Å². The number of methoxy groups -OCH3 is 1. The monoisotopic (exact) mass is 423 g/mol. The summed E-state index contributed by atoms with van der Waals surface area (Å²) in [5.74, 6) is 0.413. The number of para-hydroxylation sites is 1. The Balaban J connectivity index is 1.75. The van der Waals surface area contributed by atoms with Crippen LogP contribution in [0, 0.1) is 6.92 Å². The van der Waals surface area contributed by atoms with Crippen LogP contribution in [0.5, 0.6) is 5.75 Å². The number of benzene rings is 2. The Hall–Kier alpha value is -3.39. The lowest BCUT2D eigenvalue weighted by molar-refractivity contribution is -0.119. The number of hydrogen-bond donors (Lipinski definition) is 0. The third kappa shape index (κ3) is 3.98. The van der Waals surface area contributed by atoms with Crippen LogP contribution in [-0.2, 0) is 22.6 Å². The summed E-state index contributed by atoms with van der Waals surface area (Å²) < 4.78 is 13.3. The molecule has 162 valence electrons. The summed E-state index contributed by atoms with van der Waals surface area (Å²) in [4.78, 5) is 41.0. The third-order valence-electron chi connectivity index (χ3n) is 5.43. The minimum absolute atomic E-state index is 0.169. The molecule has 0 fully saturated rings. The van der Waals surface area contributed by atoms with Crippen molar-refractivity contribution in [1.82, 2.24) is 9.13 Å². The van der Waals surface area contributed by atoms with Gasteiger partial charge >= 0.3 is 5.69 Å². The molecule has 0 saturated carbocycles. The first kappa shape index (κ1) is 20.9. The van der Waals surface area contributed by atoms with E-state index in [4.69, 9.17) is 9.47 Å². The number of ether oxygens (including phenoxy) is 2. The van der Waals surface area contributed by atoms with Crippen LogP contribution < -0.4 is 20.9 Å². The number of rotatable bonds is 6. The van der Waals surface area contributed by atoms with Crippen LogP contribution in [0.1, 0.15) is 12.0 Å². The first-order valence-corrected chi connectivity index (χ1v) is 10.3. The molecule has 1 aliphatic rings. The van der Waals surface area contributed by atoms with Gasteiger partial charge in [0, 0.05) is 20.3 Å². The Bertz CT molecular complexity index is 1240. The molecule has 0 N–H and O–H groups in total. The molecule has 1 amide bonds. The van der Waals surface area contributed by atoms with E-state index in [1.807, 2.05) is 25.1 Å². The van der Waals surface area contributed by atoms with Crippen molar-refractivity contribution in [1.29, 1.82) is 0 Å². The summed E-state index contributed by atoms with van der Waals surface area (Å²) in [6.07, 6.45) is 0.522. The minimum atomic E-state index is -0.495. The Morgan fingerprint density at radius 3 is 2.74 bits per heavy atom. The third-order valence-corrected chi connectivity index (χ3v) is 5.43. The van der Waals surface area contributed by atoms with Gasteiger partial charge < -0.3 is 14.4 Å². The Morgan fingerprint density at radius 2 is 1.94 bits per heavy atom. The van der Waals surface area contributed by atoms with Crippen molar-refractivity contribution in [2.75, 3.05) is 31.8 Å². The van der Waals surface area contributed by atoms with Crippen molar-refractivity contribution in [2.45, 2.75) is 26.4 Å². The van der Waals surface area contributed by atoms with Crippen molar-refractivity contribution in [3.05, 3.63) is 68.9 Å². The van der Waals surface area contributed by atoms with Crippen LogP contribution in [-0.4, -0.2) is 41.9 Å². The quantitative estimate of drug-likeness (QED) is 0.566. The maximum absolute atomic E-state index is 13.3. The standard InChI is InChI=1S/C23H25N3O5/c1-16-8-9-20-19(14-16)24(11-13-31-20)21(27)15-26-18-7-4-3-6-17(18)22(28)25(23(26)29)10-5-12-30-2/h3-4,6-9,14H,5,10-13,15H2,1-2H3. The molecule has 2 heterocycles. The van der Waals surface area contributed by atoms with E-state index in [0.29, 0.717) is 48.5 Å². The molecule has 0 radical (unpaired) electrons. The van der Waals surface area contributed by atoms with Gasteiger partial charge in [0.05, 0.1) is 23.1 Å². The van der Waals surface area contributed by atoms with Gasteiger partial charge in [0.15, 0.2) is 0 Å². The summed E-state index contributed by atoms with van der Waals surface area (Å²) >= 11 is 0. The molecule has 2 aromatic carbocycles. The number of amides is 1. The number of hydrogen-bond acceptors (Lipinski definition) is 5. The molecule has 3 aromatic rings. The molecule has 0 aliphatic carbocycles. The fourth-order valence-corrected chi connectivity index (χ4v) is 3.90. The molecule has 0 bridgehead atoms. The van der Waals surface area contributed by atoms with E-state index in [2.05, 4.69) is 0 Å². The van der Waals surface area contributed by atoms with E-state index in [9.17, 15) is 14.4 Å². The normalized spacial score (nSPS) is 13.2. The lowest BCUT2D eigenvalue weighted by Gasteiger charge is -2.30. The number of carbonyl (C=O) groups is 1. The second kappa shape index (κ2) is 8.77. The van der Waals surface area contributed by atoms with E-state index in [0.717, 1.165) is 5.56 Å². The molecule has 0 saturated heterocycles. The van der Waals surface area contributed by atoms with E-state index in [1.54, 1.807) is 36.3 Å². The number of fused-ring (bicyclic) bond motifs is 2. The summed E-state index contributed by atoms with van der Waals surface area (Å²) in [6.45, 7) is 3.22. The van der Waals surface area contributed by atoms with Crippen LogP contribution in [0.25, 0.3) is 10.9 Å². The highest BCUT2D eigenvalue weighted by Gasteiger charge is 2.25. The fraction of sp³-hybridized carbons (Fsp3) is 0.348. The number of aryl methyl sites for hydroxylation is 1. The van der Waals surface area contributed by atoms with Crippen molar-refractivity contribution in [3.8, 4) is 5.75 Å². The summed E-state index contributed by atoms with van der Waals surface area (Å²) in [6, 6.07) is 12.6. The second-order valence-corrected chi connectivity index (χ2v) is 7.55. The van der Waals surface area contributed by atoms with Crippen molar-refractivity contribution in [2.24, 2.45) is 0 Å². The SMILES string of the molecule is COCCCn1c(=O)c2ccccc2n(CC(=O)N2CCOc3ccc(C)cc32)c1=O. The van der Waals surface area contributed by atoms with Crippen molar-refractivity contribution >= 4 is 22.5 Å². The summed E-state index contributed by atoms with van der Waals surface area (Å²) in [7, 11) is 1.57. The van der Waals surface area contributed by atoms with E-state index < -0.39 is 5.69 Å². The maximum Gasteiger partial charge on any atom is 0.331 e. The highest BCUT2D eigenvalue weighted by molar-refractivity contribution is 5.96. The van der Waals surface area contributed by atoms with Gasteiger partial charge in [-0.3, -0.25) is 18.7 Å². The van der Waals surface area contributed by atoms with E-state index >= 15 is 0 Å². The zero-order chi connectivity index (χ0) is 22.0. The first-order valence-electron chi connectivity index (χ1n) is 10.3. The minimum Gasteiger partial charge on any atom is -0.490 e. The van der Waals surface area contributed by atoms with Gasteiger partial charge in [-0.2, -0.15) is 0 Å². The predicted octanol–water partition coefficient (Wildman–Crippen LogP) is 1.93. The number of nitrogens with zero attached hydrogens (tertiary/aromatic N) is 3. The molecule has 4 rings (SSSR count). The molecule has 0 atom stereocenters. The molecular weight excluding hydrogens is 398 g/mol. The van der Waals surface area contributed by atoms with E-state index in [1.165, 1.54) is 9.13 Å². The highest BCUT2D eigenvalue weighted by Crippen LogP contribution is 2.32. The molecule has 8 nitrogen and oxygen atoms in total. The lowest BCUT2D eigenvalue weighted by atomic mass is 10.1. The topological polar surface area (TPSA) is 82.8 Å². The number of anilines is 1. The van der Waals surface area contributed by atoms with Crippen LogP contribution >= 0.6 is 0 Å². The fourth-order valence-electron chi connectivity index (χ4n) is 3.90. The molecule has 8 heteroatoms. The second-order valence-electron chi connectivity index (χ2n) is 7.55. The Labute approximate surface area is 179 Å². The molecule has 0 spiro atoms. The average molecular weight is 423 g/mol. The Kier molecular flexibility index (Phi) is 5.90. The largest absolute Gasteiger partial charge is 0.490 e. The zero-order valence-corrected chi connectivity index (χ0v) is 17.7. The maximum atomic E-state index is 13.3. The summed E-state index contributed by atoms with van der Waals surface area (Å²) in [5.41, 5.74) is 1.31. The Morgan fingerprint density at radius 1 is 1.13 bits per heavy atom. The van der Waals surface area contributed by atoms with Gasteiger partial charge in [-0.25, -0.2) is 4.79 Å². The first-order chi connectivity index (χ1) is 15.0. The molecule has 1 aliphatic heterocycles. The van der Waals surface area contributed by atoms with Gasteiger partial charge in [-0.05, 0) is 43.2 Å². The molecule has 1 aromatic heterocycles. The number of carbonyl (C=O) groups excluding carboxylic acids is 1. The number of aromatic nitrogens is 2. The van der Waals surface area contributed by atoms with Crippen LogP contribution in [0.2, 0.25) is 0 Å². The highest BCUT2D eigenvalue weighted by atomic mass is 16.5. The molecular formula is C23H25N3O5. The van der Waals surface area contributed by atoms with Gasteiger partial charge in [0.2, 0.25) is 5.91 Å². The van der Waals surface area contributed by atoms with Gasteiger partial charge in [0.1, 0.15) is 18.9 Å².